The topological polar surface area (TPSA) is 76.8 Å². The molecule has 3 aromatic rings. The SMILES string of the molecule is CN(CCOc1cccc(CNC(=O)c2csc(-c3ccco3)n2)c1)C1CCOCC1. The van der Waals surface area contributed by atoms with Crippen molar-refractivity contribution in [1.29, 1.82) is 0 Å². The van der Waals surface area contributed by atoms with E-state index in [4.69, 9.17) is 13.9 Å². The van der Waals surface area contributed by atoms with Crippen molar-refractivity contribution in [3.8, 4) is 16.5 Å². The molecule has 1 aliphatic rings. The quantitative estimate of drug-likeness (QED) is 0.544. The maximum atomic E-state index is 12.4. The summed E-state index contributed by atoms with van der Waals surface area (Å²) in [6.07, 6.45) is 3.75. The summed E-state index contributed by atoms with van der Waals surface area (Å²) in [6.45, 7) is 3.58. The van der Waals surface area contributed by atoms with Gasteiger partial charge in [-0.1, -0.05) is 12.1 Å². The van der Waals surface area contributed by atoms with Gasteiger partial charge < -0.3 is 19.2 Å². The highest BCUT2D eigenvalue weighted by Crippen LogP contribution is 2.24. The number of benzene rings is 1. The third-order valence-corrected chi connectivity index (χ3v) is 6.20. The van der Waals surface area contributed by atoms with Crippen LogP contribution in [0.5, 0.6) is 5.75 Å². The molecule has 7 nitrogen and oxygen atoms in total. The van der Waals surface area contributed by atoms with Gasteiger partial charge in [-0.05, 0) is 49.7 Å². The Morgan fingerprint density at radius 3 is 2.97 bits per heavy atom. The molecule has 8 heteroatoms. The zero-order valence-electron chi connectivity index (χ0n) is 17.6. The minimum atomic E-state index is -0.210. The van der Waals surface area contributed by atoms with E-state index in [1.165, 1.54) is 11.3 Å². The summed E-state index contributed by atoms with van der Waals surface area (Å²) < 4.78 is 16.7. The van der Waals surface area contributed by atoms with E-state index in [0.717, 1.165) is 43.9 Å². The van der Waals surface area contributed by atoms with Gasteiger partial charge in [0.05, 0.1) is 6.26 Å². The molecule has 1 fully saturated rings. The minimum Gasteiger partial charge on any atom is -0.492 e. The fourth-order valence-electron chi connectivity index (χ4n) is 3.53. The van der Waals surface area contributed by atoms with Gasteiger partial charge in [-0.15, -0.1) is 11.3 Å². The number of carbonyl (C=O) groups excluding carboxylic acids is 1. The van der Waals surface area contributed by atoms with Gasteiger partial charge in [0.1, 0.15) is 18.1 Å². The van der Waals surface area contributed by atoms with Crippen LogP contribution in [0.4, 0.5) is 0 Å². The van der Waals surface area contributed by atoms with Gasteiger partial charge in [0.25, 0.3) is 5.91 Å². The van der Waals surface area contributed by atoms with Gasteiger partial charge >= 0.3 is 0 Å². The second-order valence-corrected chi connectivity index (χ2v) is 8.38. The lowest BCUT2D eigenvalue weighted by Gasteiger charge is -2.31. The van der Waals surface area contributed by atoms with E-state index < -0.39 is 0 Å². The lowest BCUT2D eigenvalue weighted by atomic mass is 10.1. The Balaban J connectivity index is 1.24. The lowest BCUT2D eigenvalue weighted by molar-refractivity contribution is 0.0392. The number of thiazole rings is 1. The predicted octanol–water partition coefficient (Wildman–Crippen LogP) is 3.82. The van der Waals surface area contributed by atoms with Crippen LogP contribution in [0, 0.1) is 0 Å². The van der Waals surface area contributed by atoms with Crippen LogP contribution in [-0.2, 0) is 11.3 Å². The zero-order chi connectivity index (χ0) is 21.5. The lowest BCUT2D eigenvalue weighted by Crippen LogP contribution is -2.38. The Morgan fingerprint density at radius 1 is 1.29 bits per heavy atom. The third kappa shape index (κ3) is 5.94. The summed E-state index contributed by atoms with van der Waals surface area (Å²) in [4.78, 5) is 19.1. The van der Waals surface area contributed by atoms with Crippen molar-refractivity contribution < 1.29 is 18.7 Å². The number of ether oxygens (including phenoxy) is 2. The van der Waals surface area contributed by atoms with Crippen LogP contribution in [0.3, 0.4) is 0 Å². The number of hydrogen-bond acceptors (Lipinski definition) is 7. The third-order valence-electron chi connectivity index (χ3n) is 5.35. The van der Waals surface area contributed by atoms with Gasteiger partial charge in [-0.2, -0.15) is 0 Å². The molecule has 0 saturated carbocycles. The van der Waals surface area contributed by atoms with Crippen LogP contribution in [0.15, 0.2) is 52.5 Å². The monoisotopic (exact) mass is 441 g/mol. The first kappa shape index (κ1) is 21.5. The fourth-order valence-corrected chi connectivity index (χ4v) is 4.29. The first-order chi connectivity index (χ1) is 15.2. The highest BCUT2D eigenvalue weighted by Gasteiger charge is 2.18. The molecular weight excluding hydrogens is 414 g/mol. The molecule has 0 aliphatic carbocycles. The molecule has 0 atom stereocenters. The smallest absolute Gasteiger partial charge is 0.271 e. The molecule has 0 unspecified atom stereocenters. The van der Waals surface area contributed by atoms with Crippen molar-refractivity contribution in [3.05, 3.63) is 59.3 Å². The molecule has 1 aliphatic heterocycles. The number of furan rings is 1. The Hall–Kier alpha value is -2.68. The van der Waals surface area contributed by atoms with Gasteiger partial charge in [0, 0.05) is 37.7 Å². The van der Waals surface area contributed by atoms with Gasteiger partial charge in [0.15, 0.2) is 10.8 Å². The maximum Gasteiger partial charge on any atom is 0.271 e. The molecular formula is C23H27N3O4S. The van der Waals surface area contributed by atoms with Crippen LogP contribution in [0.25, 0.3) is 10.8 Å². The summed E-state index contributed by atoms with van der Waals surface area (Å²) in [6, 6.07) is 12.0. The number of likely N-dealkylation sites (N-methyl/N-ethyl adjacent to an activating group) is 1. The van der Waals surface area contributed by atoms with Crippen LogP contribution in [0.2, 0.25) is 0 Å². The molecule has 1 amide bonds. The standard InChI is InChI=1S/C23H27N3O4S/c1-26(18-7-11-28-12-8-18)9-13-29-19-5-2-4-17(14-19)15-24-22(27)20-16-31-23(25-20)21-6-3-10-30-21/h2-6,10,14,16,18H,7-9,11-13,15H2,1H3,(H,24,27). The van der Waals surface area contributed by atoms with E-state index in [0.29, 0.717) is 35.7 Å². The second-order valence-electron chi connectivity index (χ2n) is 7.52. The molecule has 1 aromatic carbocycles. The number of aromatic nitrogens is 1. The zero-order valence-corrected chi connectivity index (χ0v) is 18.4. The first-order valence-corrected chi connectivity index (χ1v) is 11.3. The molecule has 164 valence electrons. The van der Waals surface area contributed by atoms with Crippen LogP contribution in [-0.4, -0.2) is 55.2 Å². The van der Waals surface area contributed by atoms with Gasteiger partial charge in [-0.25, -0.2) is 4.98 Å². The summed E-state index contributed by atoms with van der Waals surface area (Å²) >= 11 is 1.38. The van der Waals surface area contributed by atoms with E-state index in [1.807, 2.05) is 30.3 Å². The maximum absolute atomic E-state index is 12.4. The molecule has 0 bridgehead atoms. The number of nitrogens with one attached hydrogen (secondary N) is 1. The number of nitrogens with zero attached hydrogens (tertiary/aromatic N) is 2. The van der Waals surface area contributed by atoms with E-state index in [1.54, 1.807) is 17.7 Å². The number of rotatable bonds is 9. The van der Waals surface area contributed by atoms with E-state index in [9.17, 15) is 4.79 Å². The molecule has 0 radical (unpaired) electrons. The van der Waals surface area contributed by atoms with Crippen molar-refractivity contribution in [2.24, 2.45) is 0 Å². The highest BCUT2D eigenvalue weighted by atomic mass is 32.1. The summed E-state index contributed by atoms with van der Waals surface area (Å²) in [5.41, 5.74) is 1.37. The van der Waals surface area contributed by atoms with Crippen molar-refractivity contribution in [2.45, 2.75) is 25.4 Å². The normalized spacial score (nSPS) is 14.6. The summed E-state index contributed by atoms with van der Waals surface area (Å²) in [7, 11) is 2.14. The Morgan fingerprint density at radius 2 is 2.16 bits per heavy atom. The van der Waals surface area contributed by atoms with E-state index in [-0.39, 0.29) is 5.91 Å². The highest BCUT2D eigenvalue weighted by molar-refractivity contribution is 7.13. The molecule has 1 saturated heterocycles. The Labute approximate surface area is 186 Å². The summed E-state index contributed by atoms with van der Waals surface area (Å²) in [5.74, 6) is 1.26. The Bertz CT molecular complexity index is 967. The summed E-state index contributed by atoms with van der Waals surface area (Å²) in [5, 5.41) is 5.35. The van der Waals surface area contributed by atoms with Gasteiger partial charge in [0.2, 0.25) is 0 Å². The number of carbonyl (C=O) groups is 1. The van der Waals surface area contributed by atoms with Crippen LogP contribution in [0.1, 0.15) is 28.9 Å². The molecule has 31 heavy (non-hydrogen) atoms. The first-order valence-electron chi connectivity index (χ1n) is 10.5. The molecule has 3 heterocycles. The number of amides is 1. The number of hydrogen-bond donors (Lipinski definition) is 1. The minimum absolute atomic E-state index is 0.210. The van der Waals surface area contributed by atoms with Crippen molar-refractivity contribution >= 4 is 17.2 Å². The van der Waals surface area contributed by atoms with Crippen molar-refractivity contribution in [2.75, 3.05) is 33.4 Å². The largest absolute Gasteiger partial charge is 0.492 e. The van der Waals surface area contributed by atoms with Crippen LogP contribution >= 0.6 is 11.3 Å². The molecule has 1 N–H and O–H groups in total. The van der Waals surface area contributed by atoms with Crippen LogP contribution < -0.4 is 10.1 Å². The molecule has 0 spiro atoms. The van der Waals surface area contributed by atoms with Gasteiger partial charge in [-0.3, -0.25) is 9.69 Å². The van der Waals surface area contributed by atoms with E-state index in [2.05, 4.69) is 22.2 Å². The van der Waals surface area contributed by atoms with E-state index >= 15 is 0 Å². The molecule has 4 rings (SSSR count). The molecule has 2 aromatic heterocycles. The Kier molecular flexibility index (Phi) is 7.35. The average Bonchev–Trinajstić information content (AvgIpc) is 3.50. The predicted molar refractivity (Wildman–Crippen MR) is 119 cm³/mol. The average molecular weight is 442 g/mol. The second kappa shape index (κ2) is 10.6. The fraction of sp³-hybridized carbons (Fsp3) is 0.391. The van der Waals surface area contributed by atoms with Crippen molar-refractivity contribution in [1.82, 2.24) is 15.2 Å². The van der Waals surface area contributed by atoms with Crippen molar-refractivity contribution in [3.63, 3.8) is 0 Å².